The van der Waals surface area contributed by atoms with Gasteiger partial charge in [-0.3, -0.25) is 0 Å². The summed E-state index contributed by atoms with van der Waals surface area (Å²) in [4.78, 5) is 0. The summed E-state index contributed by atoms with van der Waals surface area (Å²) in [6, 6.07) is 8.73. The highest BCUT2D eigenvalue weighted by atomic mass is 19.2. The van der Waals surface area contributed by atoms with E-state index in [1.807, 2.05) is 0 Å². The van der Waals surface area contributed by atoms with Gasteiger partial charge in [0.2, 0.25) is 0 Å². The van der Waals surface area contributed by atoms with Crippen molar-refractivity contribution < 1.29 is 13.2 Å². The SMILES string of the molecule is N#Cc1cc(F)c(F)cc1-c1ccc(F)cc1. The van der Waals surface area contributed by atoms with Crippen molar-refractivity contribution in [3.63, 3.8) is 0 Å². The lowest BCUT2D eigenvalue weighted by Crippen LogP contribution is -1.91. The minimum absolute atomic E-state index is 0.00973. The molecule has 1 nitrogen and oxygen atoms in total. The lowest BCUT2D eigenvalue weighted by molar-refractivity contribution is 0.508. The van der Waals surface area contributed by atoms with E-state index in [2.05, 4.69) is 0 Å². The number of nitrogens with zero attached hydrogens (tertiary/aromatic N) is 1. The van der Waals surface area contributed by atoms with E-state index in [1.54, 1.807) is 6.07 Å². The predicted octanol–water partition coefficient (Wildman–Crippen LogP) is 3.64. The molecule has 2 aromatic carbocycles. The van der Waals surface area contributed by atoms with E-state index >= 15 is 0 Å². The van der Waals surface area contributed by atoms with Crippen molar-refractivity contribution >= 4 is 0 Å². The standard InChI is InChI=1S/C13H6F3N/c14-10-3-1-8(2-4-10)11-6-13(16)12(15)5-9(11)7-17/h1-6H. The molecule has 0 aromatic heterocycles. The second kappa shape index (κ2) is 4.30. The Balaban J connectivity index is 2.63. The third kappa shape index (κ3) is 2.13. The third-order valence-corrected chi connectivity index (χ3v) is 2.34. The molecule has 0 radical (unpaired) electrons. The Bertz CT molecular complexity index is 597. The van der Waals surface area contributed by atoms with Gasteiger partial charge < -0.3 is 0 Å². The molecule has 2 aromatic rings. The van der Waals surface area contributed by atoms with Crippen LogP contribution in [0.2, 0.25) is 0 Å². The summed E-state index contributed by atoms with van der Waals surface area (Å²) in [6.45, 7) is 0. The van der Waals surface area contributed by atoms with Crippen LogP contribution in [0.3, 0.4) is 0 Å². The van der Waals surface area contributed by atoms with Crippen molar-refractivity contribution in [3.8, 4) is 17.2 Å². The molecule has 0 spiro atoms. The second-order valence-corrected chi connectivity index (χ2v) is 3.43. The molecule has 0 aliphatic carbocycles. The molecule has 0 N–H and O–H groups in total. The van der Waals surface area contributed by atoms with E-state index in [9.17, 15) is 13.2 Å². The molecule has 0 fully saturated rings. The molecule has 2 rings (SSSR count). The Morgan fingerprint density at radius 2 is 1.47 bits per heavy atom. The summed E-state index contributed by atoms with van der Waals surface area (Å²) < 4.78 is 38.8. The van der Waals surface area contributed by atoms with Crippen molar-refractivity contribution in [2.24, 2.45) is 0 Å². The Hall–Kier alpha value is -2.28. The van der Waals surface area contributed by atoms with E-state index in [-0.39, 0.29) is 11.1 Å². The van der Waals surface area contributed by atoms with Crippen molar-refractivity contribution in [2.45, 2.75) is 0 Å². The number of benzene rings is 2. The van der Waals surface area contributed by atoms with Crippen LogP contribution in [-0.2, 0) is 0 Å². The van der Waals surface area contributed by atoms with Crippen LogP contribution in [0.1, 0.15) is 5.56 Å². The van der Waals surface area contributed by atoms with Gasteiger partial charge >= 0.3 is 0 Å². The van der Waals surface area contributed by atoms with Crippen molar-refractivity contribution in [1.29, 1.82) is 5.26 Å². The smallest absolute Gasteiger partial charge is 0.160 e. The molecule has 0 bridgehead atoms. The first-order chi connectivity index (χ1) is 8.11. The molecule has 0 saturated carbocycles. The minimum atomic E-state index is -1.08. The molecule has 0 heterocycles. The van der Waals surface area contributed by atoms with Gasteiger partial charge in [-0.05, 0) is 29.8 Å². The van der Waals surface area contributed by atoms with Crippen molar-refractivity contribution in [2.75, 3.05) is 0 Å². The summed E-state index contributed by atoms with van der Waals surface area (Å²) in [5.74, 6) is -2.55. The zero-order valence-corrected chi connectivity index (χ0v) is 8.55. The number of hydrogen-bond acceptors (Lipinski definition) is 1. The van der Waals surface area contributed by atoms with E-state index in [0.717, 1.165) is 12.1 Å². The zero-order valence-electron chi connectivity index (χ0n) is 8.55. The van der Waals surface area contributed by atoms with Crippen LogP contribution in [0, 0.1) is 28.8 Å². The van der Waals surface area contributed by atoms with E-state index in [0.29, 0.717) is 5.56 Å². The molecule has 0 amide bonds. The average Bonchev–Trinajstić information content (AvgIpc) is 2.33. The van der Waals surface area contributed by atoms with Gasteiger partial charge in [0, 0.05) is 5.56 Å². The normalized spacial score (nSPS) is 10.0. The van der Waals surface area contributed by atoms with Crippen LogP contribution in [0.4, 0.5) is 13.2 Å². The number of rotatable bonds is 1. The molecular formula is C13H6F3N. The highest BCUT2D eigenvalue weighted by molar-refractivity contribution is 5.70. The van der Waals surface area contributed by atoms with Gasteiger partial charge in [-0.15, -0.1) is 0 Å². The van der Waals surface area contributed by atoms with Crippen LogP contribution in [0.5, 0.6) is 0 Å². The third-order valence-electron chi connectivity index (χ3n) is 2.34. The van der Waals surface area contributed by atoms with Gasteiger partial charge in [0.05, 0.1) is 11.6 Å². The fraction of sp³-hybridized carbons (Fsp3) is 0. The van der Waals surface area contributed by atoms with E-state index in [1.165, 1.54) is 24.3 Å². The van der Waals surface area contributed by atoms with Crippen molar-refractivity contribution in [3.05, 3.63) is 59.4 Å². The topological polar surface area (TPSA) is 23.8 Å². The number of hydrogen-bond donors (Lipinski definition) is 0. The fourth-order valence-electron chi connectivity index (χ4n) is 1.51. The molecular weight excluding hydrogens is 227 g/mol. The number of halogens is 3. The van der Waals surface area contributed by atoms with Crippen LogP contribution >= 0.6 is 0 Å². The van der Waals surface area contributed by atoms with Crippen LogP contribution in [-0.4, -0.2) is 0 Å². The Morgan fingerprint density at radius 3 is 2.06 bits per heavy atom. The first kappa shape index (κ1) is 11.2. The Morgan fingerprint density at radius 1 is 0.882 bits per heavy atom. The lowest BCUT2D eigenvalue weighted by atomic mass is 10.00. The molecule has 84 valence electrons. The van der Waals surface area contributed by atoms with Gasteiger partial charge in [0.15, 0.2) is 11.6 Å². The molecule has 17 heavy (non-hydrogen) atoms. The zero-order chi connectivity index (χ0) is 12.4. The summed E-state index contributed by atoms with van der Waals surface area (Å²) >= 11 is 0. The quantitative estimate of drug-likeness (QED) is 0.737. The summed E-state index contributed by atoms with van der Waals surface area (Å²) in [7, 11) is 0. The summed E-state index contributed by atoms with van der Waals surface area (Å²) in [6.07, 6.45) is 0. The molecule has 0 aliphatic heterocycles. The summed E-state index contributed by atoms with van der Waals surface area (Å²) in [5.41, 5.74) is 0.712. The van der Waals surface area contributed by atoms with Gasteiger partial charge in [-0.25, -0.2) is 13.2 Å². The molecule has 0 atom stereocenters. The average molecular weight is 233 g/mol. The monoisotopic (exact) mass is 233 g/mol. The Kier molecular flexibility index (Phi) is 2.84. The van der Waals surface area contributed by atoms with Crippen LogP contribution in [0.25, 0.3) is 11.1 Å². The van der Waals surface area contributed by atoms with Crippen molar-refractivity contribution in [1.82, 2.24) is 0 Å². The van der Waals surface area contributed by atoms with Gasteiger partial charge in [-0.2, -0.15) is 5.26 Å². The first-order valence-electron chi connectivity index (χ1n) is 4.77. The maximum atomic E-state index is 13.1. The molecule has 0 aliphatic rings. The van der Waals surface area contributed by atoms with E-state index in [4.69, 9.17) is 5.26 Å². The highest BCUT2D eigenvalue weighted by Crippen LogP contribution is 2.25. The highest BCUT2D eigenvalue weighted by Gasteiger charge is 2.11. The Labute approximate surface area is 95.7 Å². The maximum absolute atomic E-state index is 13.1. The van der Waals surface area contributed by atoms with E-state index < -0.39 is 17.5 Å². The first-order valence-corrected chi connectivity index (χ1v) is 4.77. The van der Waals surface area contributed by atoms with Crippen LogP contribution < -0.4 is 0 Å². The second-order valence-electron chi connectivity index (χ2n) is 3.43. The largest absolute Gasteiger partial charge is 0.207 e. The summed E-state index contributed by atoms with van der Waals surface area (Å²) in [5, 5.41) is 8.84. The van der Waals surface area contributed by atoms with Gasteiger partial charge in [0.1, 0.15) is 5.82 Å². The predicted molar refractivity (Wildman–Crippen MR) is 56.5 cm³/mol. The molecule has 0 unspecified atom stereocenters. The molecule has 4 heteroatoms. The molecule has 0 saturated heterocycles. The maximum Gasteiger partial charge on any atom is 0.160 e. The lowest BCUT2D eigenvalue weighted by Gasteiger charge is -2.05. The van der Waals surface area contributed by atoms with Gasteiger partial charge in [0.25, 0.3) is 0 Å². The van der Waals surface area contributed by atoms with Gasteiger partial charge in [-0.1, -0.05) is 12.1 Å². The number of nitriles is 1. The van der Waals surface area contributed by atoms with Crippen LogP contribution in [0.15, 0.2) is 36.4 Å². The fourth-order valence-corrected chi connectivity index (χ4v) is 1.51. The minimum Gasteiger partial charge on any atom is -0.207 e.